The molecule has 0 aliphatic rings. The van der Waals surface area contributed by atoms with Crippen LogP contribution in [0.4, 0.5) is 0 Å². The molecule has 0 fully saturated rings. The summed E-state index contributed by atoms with van der Waals surface area (Å²) < 4.78 is 66.2. The van der Waals surface area contributed by atoms with Crippen molar-refractivity contribution in [3.05, 3.63) is 59.7 Å². The van der Waals surface area contributed by atoms with Crippen LogP contribution < -0.4 is 0 Å². The Labute approximate surface area is 763 Å². The van der Waals surface area contributed by atoms with Crippen molar-refractivity contribution < 1.29 is 25.9 Å². The van der Waals surface area contributed by atoms with Crippen molar-refractivity contribution in [2.24, 2.45) is 0 Å². The van der Waals surface area contributed by atoms with Gasteiger partial charge in [-0.3, -0.25) is 0 Å². The monoisotopic (exact) mass is 1710 g/mol. The normalized spacial score (nSPS) is 11.8. The van der Waals surface area contributed by atoms with E-state index in [1.165, 1.54) is 615 Å². The smallest absolute Gasteiger partial charge is 0.744 e. The maximum absolute atomic E-state index is 11.0. The summed E-state index contributed by atoms with van der Waals surface area (Å²) in [5.74, 6) is 0. The van der Waals surface area contributed by atoms with Gasteiger partial charge in [0.2, 0.25) is 0 Å². The van der Waals surface area contributed by atoms with Gasteiger partial charge in [-0.25, -0.2) is 16.8 Å². The summed E-state index contributed by atoms with van der Waals surface area (Å²) in [5, 5.41) is 0. The van der Waals surface area contributed by atoms with Crippen molar-refractivity contribution >= 4 is 43.3 Å². The third kappa shape index (κ3) is 93.0. The molecule has 6 nitrogen and oxygen atoms in total. The Balaban J connectivity index is 0.00000232. The minimum Gasteiger partial charge on any atom is -0.744 e. The Morgan fingerprint density at radius 1 is 0.151 bits per heavy atom. The van der Waals surface area contributed by atoms with Crippen molar-refractivity contribution in [3.8, 4) is 0 Å². The Morgan fingerprint density at radius 3 is 0.319 bits per heavy atom. The van der Waals surface area contributed by atoms with E-state index in [2.05, 4.69) is 13.8 Å². The molecule has 0 amide bonds. The quantitative estimate of drug-likeness (QED) is 0.0370. The molecule has 0 atom stereocenters. The van der Waals surface area contributed by atoms with Crippen LogP contribution in [0.25, 0.3) is 0 Å². The van der Waals surface area contributed by atoms with E-state index < -0.39 is 20.2 Å². The Morgan fingerprint density at radius 2 is 0.235 bits per heavy atom. The van der Waals surface area contributed by atoms with Crippen LogP contribution in [0, 0.1) is 0 Å². The summed E-state index contributed by atoms with van der Waals surface area (Å²) in [6, 6.07) is 12.8. The van der Waals surface area contributed by atoms with Gasteiger partial charge < -0.3 is 9.11 Å². The fourth-order valence-electron chi connectivity index (χ4n) is 18.4. The second kappa shape index (κ2) is 97.6. The zero-order chi connectivity index (χ0) is 84.8. The average Bonchev–Trinajstić information content (AvgIpc) is 0.867. The molecular formula is C110H206MgO6S2. The Kier molecular flexibility index (Phi) is 96.8. The third-order valence-corrected chi connectivity index (χ3v) is 28.3. The summed E-state index contributed by atoms with van der Waals surface area (Å²) in [6.07, 6.45) is 138. The molecule has 2 aromatic carbocycles. The first kappa shape index (κ1) is 118. The molecule has 696 valence electrons. The van der Waals surface area contributed by atoms with Gasteiger partial charge in [0.05, 0.1) is 9.79 Å². The van der Waals surface area contributed by atoms with Crippen molar-refractivity contribution in [2.45, 2.75) is 640 Å². The fourth-order valence-corrected chi connectivity index (χ4v) is 19.3. The van der Waals surface area contributed by atoms with E-state index in [9.17, 15) is 25.9 Å². The van der Waals surface area contributed by atoms with Gasteiger partial charge in [-0.05, 0) is 61.1 Å². The molecule has 0 unspecified atom stereocenters. The van der Waals surface area contributed by atoms with E-state index in [4.69, 9.17) is 0 Å². The van der Waals surface area contributed by atoms with Crippen molar-refractivity contribution in [3.63, 3.8) is 0 Å². The number of aryl methyl sites for hydroxylation is 2. The first-order chi connectivity index (χ1) is 58.1. The average molecular weight is 1710 g/mol. The molecule has 0 saturated carbocycles. The van der Waals surface area contributed by atoms with E-state index in [1.54, 1.807) is 24.3 Å². The van der Waals surface area contributed by atoms with Crippen LogP contribution in [0.5, 0.6) is 0 Å². The summed E-state index contributed by atoms with van der Waals surface area (Å²) >= 11 is 0. The topological polar surface area (TPSA) is 114 Å². The summed E-state index contributed by atoms with van der Waals surface area (Å²) in [5.41, 5.74) is 2.23. The van der Waals surface area contributed by atoms with Gasteiger partial charge >= 0.3 is 23.1 Å². The maximum Gasteiger partial charge on any atom is 2.00 e. The van der Waals surface area contributed by atoms with E-state index in [-0.39, 0.29) is 32.8 Å². The van der Waals surface area contributed by atoms with Gasteiger partial charge in [0, 0.05) is 0 Å². The zero-order valence-corrected chi connectivity index (χ0v) is 83.5. The molecule has 0 radical (unpaired) electrons. The minimum atomic E-state index is -4.33. The molecule has 0 heterocycles. The predicted molar refractivity (Wildman–Crippen MR) is 527 cm³/mol. The third-order valence-electron chi connectivity index (χ3n) is 26.6. The molecule has 0 saturated heterocycles. The van der Waals surface area contributed by atoms with Crippen LogP contribution in [0.15, 0.2) is 58.3 Å². The van der Waals surface area contributed by atoms with Crippen molar-refractivity contribution in [1.82, 2.24) is 0 Å². The SMILES string of the molecule is CCCCCCCCCCCCCCCCCCCCCCCCCCCCCCCCCCCCCCCCCCCCCCCCCc1ccc(S(=O)(=O)[O-])cc1.CCCCCCCCCCCCCCCCCCCCCCCCCCCCCCCCCCCCCCCCCCCCCCCCCc1ccc(S(=O)(=O)[O-])cc1.[Mg+2]. The van der Waals surface area contributed by atoms with Crippen LogP contribution in [-0.2, 0) is 33.1 Å². The van der Waals surface area contributed by atoms with E-state index in [0.29, 0.717) is 0 Å². The molecule has 0 spiro atoms. The summed E-state index contributed by atoms with van der Waals surface area (Å²) in [6.45, 7) is 4.62. The van der Waals surface area contributed by atoms with E-state index in [1.807, 2.05) is 0 Å². The number of unbranched alkanes of at least 4 members (excludes halogenated alkanes) is 92. The molecule has 2 rings (SSSR count). The second-order valence-corrected chi connectivity index (χ2v) is 41.0. The molecule has 0 aromatic heterocycles. The van der Waals surface area contributed by atoms with Crippen LogP contribution in [-0.4, -0.2) is 49.0 Å². The number of hydrogen-bond acceptors (Lipinski definition) is 6. The molecule has 0 bridgehead atoms. The van der Waals surface area contributed by atoms with Crippen molar-refractivity contribution in [1.29, 1.82) is 0 Å². The van der Waals surface area contributed by atoms with Crippen LogP contribution in [0.2, 0.25) is 0 Å². The number of rotatable bonds is 98. The molecule has 2 aromatic rings. The molecule has 0 N–H and O–H groups in total. The van der Waals surface area contributed by atoms with Crippen molar-refractivity contribution in [2.75, 3.05) is 0 Å². The molecule has 0 aliphatic heterocycles. The van der Waals surface area contributed by atoms with Crippen LogP contribution in [0.1, 0.15) is 629 Å². The van der Waals surface area contributed by atoms with Gasteiger partial charge in [-0.1, -0.05) is 629 Å². The van der Waals surface area contributed by atoms with Crippen LogP contribution in [0.3, 0.4) is 0 Å². The molecular weight excluding hydrogens is 1510 g/mol. The van der Waals surface area contributed by atoms with Crippen LogP contribution >= 0.6 is 0 Å². The zero-order valence-electron chi connectivity index (χ0n) is 80.5. The Hall–Kier alpha value is -0.974. The van der Waals surface area contributed by atoms with Gasteiger partial charge in [-0.2, -0.15) is 0 Å². The molecule has 119 heavy (non-hydrogen) atoms. The van der Waals surface area contributed by atoms with Gasteiger partial charge in [0.25, 0.3) is 0 Å². The van der Waals surface area contributed by atoms with Gasteiger partial charge in [0.1, 0.15) is 20.2 Å². The first-order valence-corrected chi connectivity index (χ1v) is 57.0. The van der Waals surface area contributed by atoms with E-state index >= 15 is 0 Å². The van der Waals surface area contributed by atoms with E-state index in [0.717, 1.165) is 36.8 Å². The molecule has 0 aliphatic carbocycles. The maximum atomic E-state index is 11.0. The predicted octanol–water partition coefficient (Wildman–Crippen LogP) is 38.6. The standard InChI is InChI=1S/2C55H104O3S.Mg/c2*1-2-3-4-5-6-7-8-9-10-11-12-13-14-15-16-17-18-19-20-21-22-23-24-25-26-27-28-29-30-31-32-33-34-35-36-37-38-39-40-41-42-43-44-45-46-47-48-49-54-50-52-55(53-51-54)59(56,57)58;/h2*50-53H,2-49H2,1H3,(H,56,57,58);/q;;+2/p-2. The van der Waals surface area contributed by atoms with Gasteiger partial charge in [-0.15, -0.1) is 0 Å². The Bertz CT molecular complexity index is 2280. The minimum absolute atomic E-state index is 0. The summed E-state index contributed by atoms with van der Waals surface area (Å²) in [4.78, 5) is -0.262. The fraction of sp³-hybridized carbons (Fsp3) is 0.891. The molecule has 9 heteroatoms. The second-order valence-electron chi connectivity index (χ2n) is 38.2. The summed E-state index contributed by atoms with van der Waals surface area (Å²) in [7, 11) is -8.67. The first-order valence-electron chi connectivity index (χ1n) is 54.2. The van der Waals surface area contributed by atoms with Gasteiger partial charge in [0.15, 0.2) is 0 Å². The largest absolute Gasteiger partial charge is 2.00 e. The number of benzene rings is 2. The number of hydrogen-bond donors (Lipinski definition) is 0.